The van der Waals surface area contributed by atoms with E-state index in [0.717, 1.165) is 16.7 Å². The van der Waals surface area contributed by atoms with Crippen molar-refractivity contribution in [2.24, 2.45) is 4.99 Å². The lowest BCUT2D eigenvalue weighted by Gasteiger charge is -2.11. The third kappa shape index (κ3) is 1.28. The van der Waals surface area contributed by atoms with Crippen LogP contribution in [0.5, 0.6) is 0 Å². The van der Waals surface area contributed by atoms with Gasteiger partial charge in [-0.05, 0) is 17.7 Å². The minimum absolute atomic E-state index is 0.787. The molecule has 1 aromatic rings. The zero-order chi connectivity index (χ0) is 7.68. The highest BCUT2D eigenvalue weighted by Gasteiger charge is 2.03. The summed E-state index contributed by atoms with van der Waals surface area (Å²) in [5, 5.41) is 3.08. The Hall–Kier alpha value is -0.830. The molecule has 0 amide bonds. The van der Waals surface area contributed by atoms with Crippen LogP contribution in [0.1, 0.15) is 5.56 Å². The van der Waals surface area contributed by atoms with Gasteiger partial charge in [-0.25, -0.2) is 0 Å². The summed E-state index contributed by atoms with van der Waals surface area (Å²) in [4.78, 5) is 4.10. The molecule has 1 aliphatic rings. The van der Waals surface area contributed by atoms with Crippen LogP contribution in [0.2, 0.25) is 0 Å². The zero-order valence-electron chi connectivity index (χ0n) is 5.84. The smallest absolute Gasteiger partial charge is 0.0872 e. The fourth-order valence-corrected chi connectivity index (χ4v) is 1.44. The van der Waals surface area contributed by atoms with Crippen molar-refractivity contribution in [2.45, 2.75) is 6.54 Å². The second-order valence-electron chi connectivity index (χ2n) is 2.42. The molecule has 1 N–H and O–H groups in total. The van der Waals surface area contributed by atoms with Gasteiger partial charge in [0.15, 0.2) is 0 Å². The summed E-state index contributed by atoms with van der Waals surface area (Å²) in [5.41, 5.74) is 2.39. The van der Waals surface area contributed by atoms with Gasteiger partial charge >= 0.3 is 0 Å². The van der Waals surface area contributed by atoms with E-state index in [0.29, 0.717) is 0 Å². The predicted octanol–water partition coefficient (Wildman–Crippen LogP) is 2.40. The van der Waals surface area contributed by atoms with E-state index in [1.807, 2.05) is 6.07 Å². The first-order chi connectivity index (χ1) is 5.36. The van der Waals surface area contributed by atoms with Crippen LogP contribution >= 0.6 is 15.9 Å². The molecule has 11 heavy (non-hydrogen) atoms. The van der Waals surface area contributed by atoms with Crippen molar-refractivity contribution >= 4 is 28.0 Å². The summed E-state index contributed by atoms with van der Waals surface area (Å²) in [5.74, 6) is 0. The molecule has 0 saturated carbocycles. The van der Waals surface area contributed by atoms with Gasteiger partial charge in [-0.1, -0.05) is 22.0 Å². The van der Waals surface area contributed by atoms with Crippen molar-refractivity contribution in [3.8, 4) is 0 Å². The van der Waals surface area contributed by atoms with Crippen LogP contribution < -0.4 is 5.32 Å². The van der Waals surface area contributed by atoms with Crippen molar-refractivity contribution in [3.05, 3.63) is 28.2 Å². The number of nitrogens with zero attached hydrogens (tertiary/aromatic N) is 1. The molecule has 0 atom stereocenters. The minimum atomic E-state index is 0.787. The van der Waals surface area contributed by atoms with Crippen LogP contribution in [-0.2, 0) is 6.54 Å². The lowest BCUT2D eigenvalue weighted by molar-refractivity contribution is 1.06. The molecule has 1 aliphatic heterocycles. The summed E-state index contributed by atoms with van der Waals surface area (Å²) in [6.07, 6.45) is 1.73. The van der Waals surface area contributed by atoms with Crippen molar-refractivity contribution in [2.75, 3.05) is 5.32 Å². The largest absolute Gasteiger partial charge is 0.346 e. The third-order valence-electron chi connectivity index (χ3n) is 1.64. The molecule has 2 rings (SSSR count). The molecule has 0 bridgehead atoms. The molecule has 0 aromatic heterocycles. The van der Waals surface area contributed by atoms with Crippen LogP contribution in [0.4, 0.5) is 5.69 Å². The van der Waals surface area contributed by atoms with Crippen molar-refractivity contribution in [3.63, 3.8) is 0 Å². The maximum Gasteiger partial charge on any atom is 0.0872 e. The van der Waals surface area contributed by atoms with Crippen LogP contribution in [0.3, 0.4) is 0 Å². The SMILES string of the molecule is Brc1ccc2c(c1)NC=NC2. The molecule has 56 valence electrons. The van der Waals surface area contributed by atoms with E-state index in [9.17, 15) is 0 Å². The summed E-state index contributed by atoms with van der Waals surface area (Å²) in [6.45, 7) is 0.787. The molecule has 1 aromatic carbocycles. The van der Waals surface area contributed by atoms with E-state index in [1.165, 1.54) is 5.56 Å². The average Bonchev–Trinajstić information content (AvgIpc) is 2.04. The van der Waals surface area contributed by atoms with Gasteiger partial charge in [-0.2, -0.15) is 0 Å². The average molecular weight is 211 g/mol. The molecule has 0 fully saturated rings. The van der Waals surface area contributed by atoms with E-state index in [4.69, 9.17) is 0 Å². The number of halogens is 1. The van der Waals surface area contributed by atoms with Gasteiger partial charge in [0, 0.05) is 10.2 Å². The topological polar surface area (TPSA) is 24.4 Å². The number of hydrogen-bond acceptors (Lipinski definition) is 2. The molecule has 3 heteroatoms. The van der Waals surface area contributed by atoms with E-state index >= 15 is 0 Å². The van der Waals surface area contributed by atoms with Gasteiger partial charge in [0.05, 0.1) is 12.9 Å². The first kappa shape index (κ1) is 6.85. The van der Waals surface area contributed by atoms with Crippen LogP contribution in [0.25, 0.3) is 0 Å². The zero-order valence-corrected chi connectivity index (χ0v) is 7.43. The van der Waals surface area contributed by atoms with Gasteiger partial charge in [0.25, 0.3) is 0 Å². The molecule has 1 heterocycles. The van der Waals surface area contributed by atoms with E-state index in [2.05, 4.69) is 38.4 Å². The highest BCUT2D eigenvalue weighted by molar-refractivity contribution is 9.10. The van der Waals surface area contributed by atoms with E-state index < -0.39 is 0 Å². The second-order valence-corrected chi connectivity index (χ2v) is 3.33. The molecular formula is C8H7BrN2. The Bertz CT molecular complexity index is 307. The molecular weight excluding hydrogens is 204 g/mol. The Morgan fingerprint density at radius 3 is 3.27 bits per heavy atom. The Morgan fingerprint density at radius 1 is 1.45 bits per heavy atom. The van der Waals surface area contributed by atoms with Crippen molar-refractivity contribution < 1.29 is 0 Å². The van der Waals surface area contributed by atoms with Crippen LogP contribution in [-0.4, -0.2) is 6.34 Å². The minimum Gasteiger partial charge on any atom is -0.346 e. The van der Waals surface area contributed by atoms with Crippen LogP contribution in [0.15, 0.2) is 27.7 Å². The maximum absolute atomic E-state index is 4.10. The number of nitrogens with one attached hydrogen (secondary N) is 1. The maximum atomic E-state index is 4.10. The summed E-state index contributed by atoms with van der Waals surface area (Å²) >= 11 is 3.41. The van der Waals surface area contributed by atoms with E-state index in [1.54, 1.807) is 6.34 Å². The monoisotopic (exact) mass is 210 g/mol. The molecule has 0 radical (unpaired) electrons. The molecule has 0 spiro atoms. The van der Waals surface area contributed by atoms with E-state index in [-0.39, 0.29) is 0 Å². The first-order valence-electron chi connectivity index (χ1n) is 3.39. The fourth-order valence-electron chi connectivity index (χ4n) is 1.08. The Morgan fingerprint density at radius 2 is 2.36 bits per heavy atom. The highest BCUT2D eigenvalue weighted by Crippen LogP contribution is 2.23. The fraction of sp³-hybridized carbons (Fsp3) is 0.125. The Kier molecular flexibility index (Phi) is 1.66. The van der Waals surface area contributed by atoms with Gasteiger partial charge in [-0.3, -0.25) is 4.99 Å². The summed E-state index contributed by atoms with van der Waals surface area (Å²) in [7, 11) is 0. The van der Waals surface area contributed by atoms with Gasteiger partial charge in [-0.15, -0.1) is 0 Å². The number of rotatable bonds is 0. The molecule has 0 aliphatic carbocycles. The highest BCUT2D eigenvalue weighted by atomic mass is 79.9. The number of benzene rings is 1. The lowest BCUT2D eigenvalue weighted by Crippen LogP contribution is -2.04. The predicted molar refractivity (Wildman–Crippen MR) is 50.0 cm³/mol. The quantitative estimate of drug-likeness (QED) is 0.700. The normalized spacial score (nSPS) is 13.9. The molecule has 2 nitrogen and oxygen atoms in total. The molecule has 0 saturated heterocycles. The number of aliphatic imine (C=N–C) groups is 1. The summed E-state index contributed by atoms with van der Waals surface area (Å²) < 4.78 is 1.10. The van der Waals surface area contributed by atoms with Gasteiger partial charge in [0.1, 0.15) is 0 Å². The lowest BCUT2D eigenvalue weighted by atomic mass is 10.1. The van der Waals surface area contributed by atoms with Crippen LogP contribution in [0, 0.1) is 0 Å². The third-order valence-corrected chi connectivity index (χ3v) is 2.14. The number of hydrogen-bond donors (Lipinski definition) is 1. The number of anilines is 1. The standard InChI is InChI=1S/C8H7BrN2/c9-7-2-1-6-4-10-5-11-8(6)3-7/h1-3,5H,4H2,(H,10,11). The summed E-state index contributed by atoms with van der Waals surface area (Å²) in [6, 6.07) is 6.16. The van der Waals surface area contributed by atoms with Crippen molar-refractivity contribution in [1.82, 2.24) is 0 Å². The Balaban J connectivity index is 2.48. The van der Waals surface area contributed by atoms with Gasteiger partial charge in [0.2, 0.25) is 0 Å². The van der Waals surface area contributed by atoms with Gasteiger partial charge < -0.3 is 5.32 Å². The Labute approximate surface area is 73.5 Å². The van der Waals surface area contributed by atoms with Crippen molar-refractivity contribution in [1.29, 1.82) is 0 Å². The molecule has 0 unspecified atom stereocenters. The first-order valence-corrected chi connectivity index (χ1v) is 4.19. The number of fused-ring (bicyclic) bond motifs is 1. The second kappa shape index (κ2) is 2.66.